The van der Waals surface area contributed by atoms with Crippen LogP contribution in [-0.2, 0) is 27.1 Å². The Bertz CT molecular complexity index is 1180. The van der Waals surface area contributed by atoms with Crippen LogP contribution in [-0.4, -0.2) is 31.1 Å². The number of hydrogen-bond acceptors (Lipinski definition) is 7. The Labute approximate surface area is 200 Å². The van der Waals surface area contributed by atoms with E-state index in [1.807, 2.05) is 44.2 Å². The van der Waals surface area contributed by atoms with Gasteiger partial charge in [-0.1, -0.05) is 29.8 Å². The first kappa shape index (κ1) is 23.2. The predicted molar refractivity (Wildman–Crippen MR) is 130 cm³/mol. The normalized spacial score (nSPS) is 12.3. The number of thiophene rings is 2. The number of ether oxygens (including phenoxy) is 2. The zero-order valence-corrected chi connectivity index (χ0v) is 20.4. The van der Waals surface area contributed by atoms with Crippen LogP contribution >= 0.6 is 22.7 Å². The number of carbonyl (C=O) groups is 3. The molecule has 0 aliphatic heterocycles. The van der Waals surface area contributed by atoms with E-state index in [1.165, 1.54) is 33.1 Å². The van der Waals surface area contributed by atoms with Crippen molar-refractivity contribution in [3.63, 3.8) is 0 Å². The van der Waals surface area contributed by atoms with E-state index in [1.54, 1.807) is 6.92 Å². The van der Waals surface area contributed by atoms with Gasteiger partial charge in [0, 0.05) is 15.3 Å². The summed E-state index contributed by atoms with van der Waals surface area (Å²) < 4.78 is 10.5. The van der Waals surface area contributed by atoms with Gasteiger partial charge in [0.15, 0.2) is 6.61 Å². The van der Waals surface area contributed by atoms with Crippen LogP contribution in [0.1, 0.15) is 54.3 Å². The first-order valence-corrected chi connectivity index (χ1v) is 12.5. The quantitative estimate of drug-likeness (QED) is 0.445. The van der Waals surface area contributed by atoms with E-state index in [9.17, 15) is 14.4 Å². The van der Waals surface area contributed by atoms with Gasteiger partial charge in [0.2, 0.25) is 0 Å². The third-order valence-corrected chi connectivity index (χ3v) is 7.68. The number of anilines is 1. The minimum Gasteiger partial charge on any atom is -0.462 e. The van der Waals surface area contributed by atoms with E-state index in [0.29, 0.717) is 15.4 Å². The molecule has 1 N–H and O–H groups in total. The maximum absolute atomic E-state index is 12.8. The lowest BCUT2D eigenvalue weighted by molar-refractivity contribution is -0.119. The van der Waals surface area contributed by atoms with E-state index < -0.39 is 24.5 Å². The highest BCUT2D eigenvalue weighted by molar-refractivity contribution is 7.17. The smallest absolute Gasteiger partial charge is 0.348 e. The minimum atomic E-state index is -0.505. The highest BCUT2D eigenvalue weighted by Gasteiger charge is 2.26. The predicted octanol–water partition coefficient (Wildman–Crippen LogP) is 5.55. The van der Waals surface area contributed by atoms with Crippen molar-refractivity contribution in [2.45, 2.75) is 40.0 Å². The van der Waals surface area contributed by atoms with E-state index in [0.717, 1.165) is 40.8 Å². The molecule has 0 unspecified atom stereocenters. The first-order valence-electron chi connectivity index (χ1n) is 10.8. The van der Waals surface area contributed by atoms with Gasteiger partial charge in [-0.3, -0.25) is 4.79 Å². The van der Waals surface area contributed by atoms with Gasteiger partial charge < -0.3 is 14.8 Å². The standard InChI is InChI=1S/C25H25NO5S2/c1-4-30-25(29)22-21(16-10-8-14(2)9-11-16)15(3)32-23(22)26-20(27)13-31-24(28)19-12-17-6-5-7-18(17)33-19/h8-12H,4-7,13H2,1-3H3,(H,26,27). The fraction of sp³-hybridized carbons (Fsp3) is 0.320. The lowest BCUT2D eigenvalue weighted by Gasteiger charge is -2.09. The van der Waals surface area contributed by atoms with Gasteiger partial charge in [0.05, 0.1) is 6.61 Å². The monoisotopic (exact) mass is 483 g/mol. The lowest BCUT2D eigenvalue weighted by Crippen LogP contribution is -2.21. The van der Waals surface area contributed by atoms with Crippen molar-refractivity contribution < 1.29 is 23.9 Å². The average molecular weight is 484 g/mol. The summed E-state index contributed by atoms with van der Waals surface area (Å²) in [4.78, 5) is 40.4. The lowest BCUT2D eigenvalue weighted by atomic mass is 10.0. The fourth-order valence-corrected chi connectivity index (χ4v) is 6.12. The van der Waals surface area contributed by atoms with Crippen LogP contribution in [0.4, 0.5) is 5.00 Å². The van der Waals surface area contributed by atoms with Crippen molar-refractivity contribution >= 4 is 45.5 Å². The van der Waals surface area contributed by atoms with Gasteiger partial charge in [0.25, 0.3) is 5.91 Å². The molecule has 1 amide bonds. The summed E-state index contributed by atoms with van der Waals surface area (Å²) in [5.41, 5.74) is 4.23. The molecule has 2 heterocycles. The molecule has 0 saturated carbocycles. The summed E-state index contributed by atoms with van der Waals surface area (Å²) in [6.07, 6.45) is 3.09. The summed E-state index contributed by atoms with van der Waals surface area (Å²) >= 11 is 2.73. The zero-order chi connectivity index (χ0) is 23.5. The molecule has 33 heavy (non-hydrogen) atoms. The third kappa shape index (κ3) is 5.02. The number of aryl methyl sites for hydroxylation is 4. The Morgan fingerprint density at radius 3 is 2.45 bits per heavy atom. The number of amides is 1. The molecule has 4 rings (SSSR count). The molecule has 1 aliphatic carbocycles. The van der Waals surface area contributed by atoms with Gasteiger partial charge in [-0.15, -0.1) is 22.7 Å². The molecule has 172 valence electrons. The molecule has 0 radical (unpaired) electrons. The number of benzene rings is 1. The molecule has 0 saturated heterocycles. The molecule has 0 bridgehead atoms. The molecular formula is C25H25NO5S2. The number of esters is 2. The Morgan fingerprint density at radius 2 is 1.76 bits per heavy atom. The summed E-state index contributed by atoms with van der Waals surface area (Å²) in [7, 11) is 0. The Hall–Kier alpha value is -2.97. The third-order valence-electron chi connectivity index (χ3n) is 5.44. The maximum Gasteiger partial charge on any atom is 0.348 e. The van der Waals surface area contributed by atoms with Crippen molar-refractivity contribution in [3.05, 3.63) is 61.7 Å². The largest absolute Gasteiger partial charge is 0.462 e. The number of carbonyl (C=O) groups excluding carboxylic acids is 3. The number of hydrogen-bond donors (Lipinski definition) is 1. The van der Waals surface area contributed by atoms with Crippen molar-refractivity contribution in [2.24, 2.45) is 0 Å². The highest BCUT2D eigenvalue weighted by Crippen LogP contribution is 2.40. The maximum atomic E-state index is 12.8. The number of fused-ring (bicyclic) bond motifs is 1. The second kappa shape index (κ2) is 9.89. The van der Waals surface area contributed by atoms with Crippen molar-refractivity contribution in [1.82, 2.24) is 0 Å². The molecule has 0 fully saturated rings. The molecule has 3 aromatic rings. The van der Waals surface area contributed by atoms with E-state index in [2.05, 4.69) is 5.32 Å². The Balaban J connectivity index is 1.50. The van der Waals surface area contributed by atoms with Crippen molar-refractivity contribution in [3.8, 4) is 11.1 Å². The van der Waals surface area contributed by atoms with Crippen LogP contribution < -0.4 is 5.32 Å². The first-order chi connectivity index (χ1) is 15.9. The van der Waals surface area contributed by atoms with Crippen molar-refractivity contribution in [1.29, 1.82) is 0 Å². The molecule has 2 aromatic heterocycles. The zero-order valence-electron chi connectivity index (χ0n) is 18.8. The van der Waals surface area contributed by atoms with Gasteiger partial charge in [-0.05, 0) is 57.2 Å². The van der Waals surface area contributed by atoms with Gasteiger partial charge in [-0.2, -0.15) is 0 Å². The average Bonchev–Trinajstić information content (AvgIpc) is 3.46. The van der Waals surface area contributed by atoms with Crippen LogP contribution in [0.3, 0.4) is 0 Å². The van der Waals surface area contributed by atoms with Crippen LogP contribution in [0.5, 0.6) is 0 Å². The van der Waals surface area contributed by atoms with Crippen molar-refractivity contribution in [2.75, 3.05) is 18.5 Å². The van der Waals surface area contributed by atoms with E-state index in [4.69, 9.17) is 9.47 Å². The Morgan fingerprint density at radius 1 is 1.00 bits per heavy atom. The van der Waals surface area contributed by atoms with E-state index >= 15 is 0 Å². The molecule has 1 aromatic carbocycles. The molecule has 1 aliphatic rings. The summed E-state index contributed by atoms with van der Waals surface area (Å²) in [6, 6.07) is 9.69. The SMILES string of the molecule is CCOC(=O)c1c(NC(=O)COC(=O)c2cc3c(s2)CCC3)sc(C)c1-c1ccc(C)cc1. The fourth-order valence-electron chi connectivity index (χ4n) is 3.89. The molecular weight excluding hydrogens is 458 g/mol. The van der Waals surface area contributed by atoms with Gasteiger partial charge in [0.1, 0.15) is 15.4 Å². The van der Waals surface area contributed by atoms with Gasteiger partial charge in [-0.25, -0.2) is 9.59 Å². The second-order valence-corrected chi connectivity index (χ2v) is 10.2. The highest BCUT2D eigenvalue weighted by atomic mass is 32.1. The van der Waals surface area contributed by atoms with Crippen LogP contribution in [0.15, 0.2) is 30.3 Å². The molecule has 6 nitrogen and oxygen atoms in total. The van der Waals surface area contributed by atoms with Crippen LogP contribution in [0, 0.1) is 13.8 Å². The molecule has 0 atom stereocenters. The van der Waals surface area contributed by atoms with E-state index in [-0.39, 0.29) is 6.61 Å². The second-order valence-electron chi connectivity index (χ2n) is 7.86. The van der Waals surface area contributed by atoms with Gasteiger partial charge >= 0.3 is 11.9 Å². The van der Waals surface area contributed by atoms with Crippen LogP contribution in [0.2, 0.25) is 0 Å². The molecule has 0 spiro atoms. The number of rotatable bonds is 7. The van der Waals surface area contributed by atoms with Crippen LogP contribution in [0.25, 0.3) is 11.1 Å². The summed E-state index contributed by atoms with van der Waals surface area (Å²) in [6.45, 7) is 5.42. The Kier molecular flexibility index (Phi) is 6.95. The summed E-state index contributed by atoms with van der Waals surface area (Å²) in [5.74, 6) is -1.51. The number of nitrogens with one attached hydrogen (secondary N) is 1. The minimum absolute atomic E-state index is 0.219. The summed E-state index contributed by atoms with van der Waals surface area (Å²) in [5, 5.41) is 3.13. The molecule has 8 heteroatoms. The topological polar surface area (TPSA) is 81.7 Å².